The third-order valence-electron chi connectivity index (χ3n) is 7.03. The second-order valence-electron chi connectivity index (χ2n) is 9.84. The van der Waals surface area contributed by atoms with E-state index < -0.39 is 0 Å². The maximum Gasteiger partial charge on any atom is 0.265 e. The van der Waals surface area contributed by atoms with Gasteiger partial charge in [-0.25, -0.2) is 0 Å². The average molecular weight is 452 g/mol. The molecule has 3 heterocycles. The van der Waals surface area contributed by atoms with Crippen LogP contribution in [0.2, 0.25) is 0 Å². The molecule has 0 nitrogen and oxygen atoms in total. The van der Waals surface area contributed by atoms with Gasteiger partial charge in [-0.15, -0.1) is 0 Å². The van der Waals surface area contributed by atoms with Gasteiger partial charge in [0.1, 0.15) is 0 Å². The van der Waals surface area contributed by atoms with Gasteiger partial charge in [-0.1, -0.05) is 91.6 Å². The summed E-state index contributed by atoms with van der Waals surface area (Å²) in [6.07, 6.45) is 0. The summed E-state index contributed by atoms with van der Waals surface area (Å²) < 4.78 is 3.10. The number of hydrogen-bond donors (Lipinski definition) is 0. The fourth-order valence-electron chi connectivity index (χ4n) is 6.16. The molecule has 2 aromatic heterocycles. The molecular formula is C28H30B2S2. The van der Waals surface area contributed by atoms with Crippen LogP contribution in [0.5, 0.6) is 0 Å². The van der Waals surface area contributed by atoms with Crippen LogP contribution in [0.3, 0.4) is 0 Å². The van der Waals surface area contributed by atoms with Gasteiger partial charge in [0.05, 0.1) is 0 Å². The van der Waals surface area contributed by atoms with E-state index >= 15 is 0 Å². The van der Waals surface area contributed by atoms with Crippen molar-refractivity contribution < 1.29 is 0 Å². The Kier molecular flexibility index (Phi) is 5.30. The number of rotatable bonds is 2. The molecule has 32 heavy (non-hydrogen) atoms. The third-order valence-corrected chi connectivity index (χ3v) is 9.29. The van der Waals surface area contributed by atoms with Gasteiger partial charge in [-0.3, -0.25) is 0 Å². The maximum atomic E-state index is 2.48. The van der Waals surface area contributed by atoms with Crippen LogP contribution in [0.15, 0.2) is 36.4 Å². The first-order valence-corrected chi connectivity index (χ1v) is 13.1. The SMILES string of the molecule is Cc1cc(C)c(B2c3cc(C)sc3B(c3c(C)cc(C)cc3C)c3sc(C)cc32)c(C)c1. The number of hydrogen-bond acceptors (Lipinski definition) is 2. The van der Waals surface area contributed by atoms with Crippen molar-refractivity contribution in [3.05, 3.63) is 79.5 Å². The third kappa shape index (κ3) is 3.35. The Morgan fingerprint density at radius 3 is 1.19 bits per heavy atom. The fourth-order valence-corrected chi connectivity index (χ4v) is 8.60. The minimum atomic E-state index is 0.331. The van der Waals surface area contributed by atoms with E-state index in [4.69, 9.17) is 0 Å². The van der Waals surface area contributed by atoms with Gasteiger partial charge >= 0.3 is 0 Å². The van der Waals surface area contributed by atoms with Gasteiger partial charge in [-0.2, -0.15) is 22.7 Å². The zero-order chi connectivity index (χ0) is 22.9. The summed E-state index contributed by atoms with van der Waals surface area (Å²) in [4.78, 5) is 2.84. The lowest BCUT2D eigenvalue weighted by Crippen LogP contribution is -2.73. The predicted molar refractivity (Wildman–Crippen MR) is 149 cm³/mol. The molecule has 0 bridgehead atoms. The summed E-state index contributed by atoms with van der Waals surface area (Å²) >= 11 is 4.02. The molecule has 0 atom stereocenters. The van der Waals surface area contributed by atoms with Gasteiger partial charge < -0.3 is 0 Å². The lowest BCUT2D eigenvalue weighted by molar-refractivity contribution is 1.35. The Morgan fingerprint density at radius 2 is 0.812 bits per heavy atom. The first-order chi connectivity index (χ1) is 15.2. The van der Waals surface area contributed by atoms with E-state index in [1.807, 2.05) is 22.7 Å². The summed E-state index contributed by atoms with van der Waals surface area (Å²) in [5.74, 6) is 0. The molecule has 0 saturated carbocycles. The van der Waals surface area contributed by atoms with E-state index in [2.05, 4.69) is 91.8 Å². The molecule has 0 aliphatic carbocycles. The summed E-state index contributed by atoms with van der Waals surface area (Å²) in [6.45, 7) is 18.9. The van der Waals surface area contributed by atoms with Gasteiger partial charge in [-0.05, 0) is 64.9 Å². The molecule has 2 aromatic carbocycles. The second kappa shape index (κ2) is 7.78. The zero-order valence-electron chi connectivity index (χ0n) is 20.4. The Labute approximate surface area is 201 Å². The van der Waals surface area contributed by atoms with E-state index in [1.165, 1.54) is 65.0 Å². The van der Waals surface area contributed by atoms with Gasteiger partial charge in [0.25, 0.3) is 6.71 Å². The van der Waals surface area contributed by atoms with Crippen molar-refractivity contribution in [3.63, 3.8) is 0 Å². The van der Waals surface area contributed by atoms with Crippen LogP contribution < -0.4 is 31.4 Å². The topological polar surface area (TPSA) is 0 Å². The predicted octanol–water partition coefficient (Wildman–Crippen LogP) is 3.62. The van der Waals surface area contributed by atoms with Crippen molar-refractivity contribution in [2.45, 2.75) is 55.4 Å². The van der Waals surface area contributed by atoms with E-state index in [0.717, 1.165) is 0 Å². The number of aryl methyl sites for hydroxylation is 8. The smallest absolute Gasteiger partial charge is 0.155 e. The van der Waals surface area contributed by atoms with Crippen molar-refractivity contribution >= 4 is 67.5 Å². The van der Waals surface area contributed by atoms with Crippen LogP contribution in [0, 0.1) is 55.4 Å². The van der Waals surface area contributed by atoms with Crippen LogP contribution >= 0.6 is 22.7 Å². The van der Waals surface area contributed by atoms with Crippen LogP contribution in [-0.4, -0.2) is 13.4 Å². The molecule has 0 N–H and O–H groups in total. The van der Waals surface area contributed by atoms with E-state index in [1.54, 1.807) is 9.55 Å². The number of benzene rings is 2. The Balaban J connectivity index is 1.84. The molecule has 0 spiro atoms. The van der Waals surface area contributed by atoms with Crippen molar-refractivity contribution in [1.29, 1.82) is 0 Å². The molecule has 0 saturated heterocycles. The largest absolute Gasteiger partial charge is 0.265 e. The van der Waals surface area contributed by atoms with Gasteiger partial charge in [0.15, 0.2) is 0 Å². The highest BCUT2D eigenvalue weighted by atomic mass is 32.1. The minimum Gasteiger partial charge on any atom is -0.155 e. The van der Waals surface area contributed by atoms with E-state index in [-0.39, 0.29) is 0 Å². The average Bonchev–Trinajstić information content (AvgIpc) is 3.23. The molecule has 0 fully saturated rings. The molecule has 4 heteroatoms. The van der Waals surface area contributed by atoms with Crippen LogP contribution in [0.4, 0.5) is 0 Å². The minimum absolute atomic E-state index is 0.331. The van der Waals surface area contributed by atoms with Gasteiger partial charge in [0, 0.05) is 9.75 Å². The molecular weight excluding hydrogens is 422 g/mol. The van der Waals surface area contributed by atoms with E-state index in [0.29, 0.717) is 13.4 Å². The molecule has 1 aliphatic heterocycles. The highest BCUT2D eigenvalue weighted by Crippen LogP contribution is 2.19. The van der Waals surface area contributed by atoms with Crippen molar-refractivity contribution in [3.8, 4) is 0 Å². The molecule has 0 unspecified atom stereocenters. The Bertz CT molecular complexity index is 1180. The first-order valence-electron chi connectivity index (χ1n) is 11.5. The Hall–Kier alpha value is -2.03. The molecule has 1 aliphatic rings. The number of thiophene rings is 2. The highest BCUT2D eigenvalue weighted by molar-refractivity contribution is 7.39. The summed E-state index contributed by atoms with van der Waals surface area (Å²) in [5, 5.41) is 0. The fraction of sp³-hybridized carbons (Fsp3) is 0.286. The van der Waals surface area contributed by atoms with Crippen LogP contribution in [0.1, 0.15) is 43.1 Å². The molecule has 0 radical (unpaired) electrons. The maximum absolute atomic E-state index is 2.48. The monoisotopic (exact) mass is 452 g/mol. The lowest BCUT2D eigenvalue weighted by Gasteiger charge is -2.30. The van der Waals surface area contributed by atoms with Crippen molar-refractivity contribution in [1.82, 2.24) is 0 Å². The molecule has 5 rings (SSSR count). The number of fused-ring (bicyclic) bond motifs is 2. The van der Waals surface area contributed by atoms with Crippen LogP contribution in [-0.2, 0) is 0 Å². The lowest BCUT2D eigenvalue weighted by atomic mass is 9.24. The normalized spacial score (nSPS) is 12.9. The first kappa shape index (κ1) is 21.8. The molecule has 4 aromatic rings. The van der Waals surface area contributed by atoms with Crippen molar-refractivity contribution in [2.75, 3.05) is 0 Å². The summed E-state index contributed by atoms with van der Waals surface area (Å²) in [5.41, 5.74) is 14.4. The summed E-state index contributed by atoms with van der Waals surface area (Å²) in [7, 11) is 0. The standard InChI is InChI=1S/C28H30B2S2/c1-15-9-17(3)25(18(4)10-15)29-23-13-21(7)31-27(23)30(28-24(29)14-22(8)32-28)26-19(5)11-16(2)12-20(26)6/h9-14H,1-8H3. The molecule has 0 amide bonds. The van der Waals surface area contributed by atoms with Crippen molar-refractivity contribution in [2.24, 2.45) is 0 Å². The highest BCUT2D eigenvalue weighted by Gasteiger charge is 2.43. The van der Waals surface area contributed by atoms with Crippen LogP contribution in [0.25, 0.3) is 0 Å². The van der Waals surface area contributed by atoms with Gasteiger partial charge in [0.2, 0.25) is 6.71 Å². The quantitative estimate of drug-likeness (QED) is 0.359. The molecule has 160 valence electrons. The van der Waals surface area contributed by atoms with E-state index in [9.17, 15) is 0 Å². The Morgan fingerprint density at radius 1 is 0.469 bits per heavy atom. The zero-order valence-corrected chi connectivity index (χ0v) is 22.1. The second-order valence-corrected chi connectivity index (χ2v) is 12.4. The summed E-state index contributed by atoms with van der Waals surface area (Å²) in [6, 6.07) is 14.4.